The van der Waals surface area contributed by atoms with E-state index in [2.05, 4.69) is 15.4 Å². The maximum absolute atomic E-state index is 13.6. The molecule has 0 unspecified atom stereocenters. The zero-order chi connectivity index (χ0) is 15.8. The molecule has 0 bridgehead atoms. The van der Waals surface area contributed by atoms with Crippen LogP contribution in [-0.2, 0) is 13.0 Å². The van der Waals surface area contributed by atoms with Gasteiger partial charge in [0.1, 0.15) is 11.6 Å². The van der Waals surface area contributed by atoms with Crippen LogP contribution in [0, 0.1) is 11.6 Å². The molecule has 1 N–H and O–H groups in total. The Labute approximate surface area is 131 Å². The topological polar surface area (TPSA) is 42.7 Å². The molecule has 0 fully saturated rings. The molecule has 0 radical (unpaired) electrons. The Morgan fingerprint density at radius 2 is 1.91 bits per heavy atom. The second kappa shape index (κ2) is 5.55. The molecule has 4 nitrogen and oxygen atoms in total. The Morgan fingerprint density at radius 1 is 1.09 bits per heavy atom. The van der Waals surface area contributed by atoms with Gasteiger partial charge in [-0.15, -0.1) is 0 Å². The molecule has 1 aliphatic rings. The number of rotatable bonds is 2. The van der Waals surface area contributed by atoms with E-state index in [0.717, 1.165) is 30.3 Å². The van der Waals surface area contributed by atoms with Crippen molar-refractivity contribution in [1.82, 2.24) is 20.1 Å². The number of fused-ring (bicyclic) bond motifs is 1. The van der Waals surface area contributed by atoms with Crippen molar-refractivity contribution in [1.29, 1.82) is 0 Å². The van der Waals surface area contributed by atoms with E-state index in [4.69, 9.17) is 0 Å². The van der Waals surface area contributed by atoms with Crippen LogP contribution in [0.15, 0.2) is 42.6 Å². The van der Waals surface area contributed by atoms with Gasteiger partial charge in [-0.2, -0.15) is 5.10 Å². The van der Waals surface area contributed by atoms with Crippen molar-refractivity contribution in [3.63, 3.8) is 0 Å². The highest BCUT2D eigenvalue weighted by Crippen LogP contribution is 2.30. The van der Waals surface area contributed by atoms with Gasteiger partial charge in [0.05, 0.1) is 11.4 Å². The van der Waals surface area contributed by atoms with Crippen molar-refractivity contribution < 1.29 is 8.78 Å². The van der Waals surface area contributed by atoms with E-state index < -0.39 is 11.6 Å². The summed E-state index contributed by atoms with van der Waals surface area (Å²) in [5, 5.41) is 7.88. The molecule has 116 valence electrons. The fourth-order valence-electron chi connectivity index (χ4n) is 2.94. The molecule has 1 aliphatic heterocycles. The molecule has 0 saturated carbocycles. The average molecular weight is 312 g/mol. The lowest BCUT2D eigenvalue weighted by atomic mass is 10.0. The lowest BCUT2D eigenvalue weighted by molar-refractivity contribution is 0.584. The molecule has 3 aromatic rings. The summed E-state index contributed by atoms with van der Waals surface area (Å²) in [7, 11) is 0. The minimum Gasteiger partial charge on any atom is -0.312 e. The zero-order valence-corrected chi connectivity index (χ0v) is 12.3. The first-order valence-electron chi connectivity index (χ1n) is 7.42. The fraction of sp³-hybridized carbons (Fsp3) is 0.176. The Kier molecular flexibility index (Phi) is 3.38. The molecule has 23 heavy (non-hydrogen) atoms. The second-order valence-corrected chi connectivity index (χ2v) is 5.46. The average Bonchev–Trinajstić information content (AvgIpc) is 2.94. The van der Waals surface area contributed by atoms with E-state index >= 15 is 0 Å². The second-order valence-electron chi connectivity index (χ2n) is 5.46. The minimum atomic E-state index is -0.607. The predicted molar refractivity (Wildman–Crippen MR) is 82.1 cm³/mol. The van der Waals surface area contributed by atoms with Crippen LogP contribution < -0.4 is 5.32 Å². The number of hydrogen-bond donors (Lipinski definition) is 1. The van der Waals surface area contributed by atoms with Gasteiger partial charge in [-0.3, -0.25) is 0 Å². The highest BCUT2D eigenvalue weighted by molar-refractivity contribution is 5.65. The third kappa shape index (κ3) is 2.51. The number of hydrogen-bond acceptors (Lipinski definition) is 3. The Hall–Kier alpha value is -2.60. The van der Waals surface area contributed by atoms with E-state index in [1.54, 1.807) is 10.9 Å². The maximum Gasteiger partial charge on any atom is 0.153 e. The van der Waals surface area contributed by atoms with E-state index in [1.165, 1.54) is 12.1 Å². The van der Waals surface area contributed by atoms with Gasteiger partial charge in [0, 0.05) is 42.9 Å². The monoisotopic (exact) mass is 312 g/mol. The SMILES string of the molecule is Fc1cc(F)cc(-c2nn(-c3ccccn3)c3c2CNCC3)c1. The van der Waals surface area contributed by atoms with Gasteiger partial charge in [-0.1, -0.05) is 6.07 Å². The molecule has 0 amide bonds. The third-order valence-corrected chi connectivity index (χ3v) is 3.93. The predicted octanol–water partition coefficient (Wildman–Crippen LogP) is 2.86. The number of nitrogens with zero attached hydrogens (tertiary/aromatic N) is 3. The van der Waals surface area contributed by atoms with Gasteiger partial charge in [0.15, 0.2) is 5.82 Å². The first-order valence-corrected chi connectivity index (χ1v) is 7.42. The van der Waals surface area contributed by atoms with Gasteiger partial charge in [-0.25, -0.2) is 18.4 Å². The first-order chi connectivity index (χ1) is 11.2. The van der Waals surface area contributed by atoms with Crippen molar-refractivity contribution in [2.24, 2.45) is 0 Å². The number of nitrogens with one attached hydrogen (secondary N) is 1. The maximum atomic E-state index is 13.6. The van der Waals surface area contributed by atoms with Gasteiger partial charge in [-0.05, 0) is 24.3 Å². The first kappa shape index (κ1) is 14.0. The van der Waals surface area contributed by atoms with Crippen LogP contribution in [0.2, 0.25) is 0 Å². The summed E-state index contributed by atoms with van der Waals surface area (Å²) in [6.45, 7) is 1.46. The Bertz CT molecular complexity index is 838. The van der Waals surface area contributed by atoms with Crippen LogP contribution in [0.1, 0.15) is 11.3 Å². The van der Waals surface area contributed by atoms with Crippen molar-refractivity contribution >= 4 is 0 Å². The van der Waals surface area contributed by atoms with Crippen LogP contribution in [-0.4, -0.2) is 21.3 Å². The van der Waals surface area contributed by atoms with Gasteiger partial charge in [0.25, 0.3) is 0 Å². The van der Waals surface area contributed by atoms with Crippen LogP contribution in [0.5, 0.6) is 0 Å². The number of halogens is 2. The van der Waals surface area contributed by atoms with Crippen molar-refractivity contribution in [2.45, 2.75) is 13.0 Å². The lowest BCUT2D eigenvalue weighted by Gasteiger charge is -2.15. The molecule has 1 aromatic carbocycles. The van der Waals surface area contributed by atoms with Crippen LogP contribution >= 0.6 is 0 Å². The molecular weight excluding hydrogens is 298 g/mol. The van der Waals surface area contributed by atoms with E-state index in [-0.39, 0.29) is 0 Å². The Balaban J connectivity index is 1.92. The largest absolute Gasteiger partial charge is 0.312 e. The molecule has 6 heteroatoms. The standard InChI is InChI=1S/C17H14F2N4/c18-12-7-11(8-13(19)9-12)17-14-10-20-6-4-15(14)23(22-17)16-3-1-2-5-21-16/h1-3,5,7-9,20H,4,6,10H2. The van der Waals surface area contributed by atoms with Gasteiger partial charge >= 0.3 is 0 Å². The fourth-order valence-corrected chi connectivity index (χ4v) is 2.94. The van der Waals surface area contributed by atoms with Crippen molar-refractivity contribution in [3.8, 4) is 17.1 Å². The highest BCUT2D eigenvalue weighted by Gasteiger charge is 2.23. The summed E-state index contributed by atoms with van der Waals surface area (Å²) in [6, 6.07) is 9.07. The molecule has 0 aliphatic carbocycles. The lowest BCUT2D eigenvalue weighted by Crippen LogP contribution is -2.24. The van der Waals surface area contributed by atoms with Gasteiger partial charge in [0.2, 0.25) is 0 Å². The smallest absolute Gasteiger partial charge is 0.153 e. The molecular formula is C17H14F2N4. The molecule has 3 heterocycles. The summed E-state index contributed by atoms with van der Waals surface area (Å²) < 4.78 is 28.9. The minimum absolute atomic E-state index is 0.442. The van der Waals surface area contributed by atoms with Crippen molar-refractivity contribution in [3.05, 3.63) is 65.5 Å². The summed E-state index contributed by atoms with van der Waals surface area (Å²) in [6.07, 6.45) is 2.49. The number of benzene rings is 1. The van der Waals surface area contributed by atoms with E-state index in [9.17, 15) is 8.78 Å². The Morgan fingerprint density at radius 3 is 2.65 bits per heavy atom. The quantitative estimate of drug-likeness (QED) is 0.791. The normalized spacial score (nSPS) is 13.8. The van der Waals surface area contributed by atoms with Crippen molar-refractivity contribution in [2.75, 3.05) is 6.54 Å². The molecule has 0 atom stereocenters. The number of pyridine rings is 1. The molecule has 0 saturated heterocycles. The summed E-state index contributed by atoms with van der Waals surface area (Å²) in [5.74, 6) is -0.511. The van der Waals surface area contributed by atoms with Gasteiger partial charge < -0.3 is 5.32 Å². The number of aromatic nitrogens is 3. The molecule has 4 rings (SSSR count). The third-order valence-electron chi connectivity index (χ3n) is 3.93. The van der Waals surface area contributed by atoms with Crippen LogP contribution in [0.3, 0.4) is 0 Å². The van der Waals surface area contributed by atoms with Crippen LogP contribution in [0.4, 0.5) is 8.78 Å². The molecule has 0 spiro atoms. The van der Waals surface area contributed by atoms with E-state index in [1.807, 2.05) is 18.2 Å². The summed E-state index contributed by atoms with van der Waals surface area (Å²) in [4.78, 5) is 4.33. The van der Waals surface area contributed by atoms with E-state index in [0.29, 0.717) is 23.6 Å². The summed E-state index contributed by atoms with van der Waals surface area (Å²) >= 11 is 0. The highest BCUT2D eigenvalue weighted by atomic mass is 19.1. The zero-order valence-electron chi connectivity index (χ0n) is 12.3. The summed E-state index contributed by atoms with van der Waals surface area (Å²) in [5.41, 5.74) is 3.03. The molecule has 2 aromatic heterocycles. The van der Waals surface area contributed by atoms with Crippen LogP contribution in [0.25, 0.3) is 17.1 Å².